The molecule has 2 aromatic rings. The lowest BCUT2D eigenvalue weighted by Gasteiger charge is -2.36. The molecule has 2 bridgehead atoms. The number of rotatable bonds is 2. The minimum atomic E-state index is 0.684. The van der Waals surface area contributed by atoms with Crippen LogP contribution >= 0.6 is 0 Å². The minimum absolute atomic E-state index is 0.684. The molecule has 2 aliphatic heterocycles. The lowest BCUT2D eigenvalue weighted by atomic mass is 9.85. The number of methoxy groups -OCH3 is 1. The van der Waals surface area contributed by atoms with Crippen LogP contribution in [0.3, 0.4) is 0 Å². The Morgan fingerprint density at radius 2 is 1.86 bits per heavy atom. The summed E-state index contributed by atoms with van der Waals surface area (Å²) in [6.45, 7) is 2.02. The van der Waals surface area contributed by atoms with Crippen molar-refractivity contribution in [2.45, 2.75) is 50.6 Å². The highest BCUT2D eigenvalue weighted by Gasteiger charge is 2.38. The molecule has 3 nitrogen and oxygen atoms in total. The third-order valence-electron chi connectivity index (χ3n) is 5.71. The number of ether oxygens (including phenoxy) is 1. The molecule has 3 atom stereocenters. The summed E-state index contributed by atoms with van der Waals surface area (Å²) in [5.41, 5.74) is 3.51. The van der Waals surface area contributed by atoms with E-state index in [4.69, 9.17) is 4.74 Å². The van der Waals surface area contributed by atoms with Gasteiger partial charge >= 0.3 is 0 Å². The lowest BCUT2D eigenvalue weighted by Crippen LogP contribution is -2.39. The first-order valence-corrected chi connectivity index (χ1v) is 8.33. The average Bonchev–Trinajstić information content (AvgIpc) is 2.75. The van der Waals surface area contributed by atoms with E-state index < -0.39 is 0 Å². The first-order chi connectivity index (χ1) is 10.7. The van der Waals surface area contributed by atoms with Gasteiger partial charge in [0.05, 0.1) is 12.6 Å². The number of fused-ring (bicyclic) bond motifs is 3. The highest BCUT2D eigenvalue weighted by atomic mass is 16.5. The normalized spacial score (nSPS) is 28.2. The largest absolute Gasteiger partial charge is 0.496 e. The van der Waals surface area contributed by atoms with E-state index >= 15 is 0 Å². The molecular formula is C19H24N2O. The second-order valence-electron chi connectivity index (χ2n) is 6.96. The Labute approximate surface area is 132 Å². The number of nitrogens with zero attached hydrogens (tertiary/aromatic N) is 2. The molecule has 0 spiro atoms. The highest BCUT2D eigenvalue weighted by Crippen LogP contribution is 2.43. The molecule has 0 amide bonds. The number of aromatic nitrogens is 1. The van der Waals surface area contributed by atoms with Crippen LogP contribution < -0.4 is 4.74 Å². The minimum Gasteiger partial charge on any atom is -0.496 e. The van der Waals surface area contributed by atoms with Gasteiger partial charge in [0.2, 0.25) is 0 Å². The molecule has 0 N–H and O–H groups in total. The van der Waals surface area contributed by atoms with Gasteiger partial charge in [0.1, 0.15) is 5.75 Å². The van der Waals surface area contributed by atoms with Crippen LogP contribution in [0.4, 0.5) is 0 Å². The summed E-state index contributed by atoms with van der Waals surface area (Å²) in [6.07, 6.45) is 5.32. The molecule has 4 rings (SSSR count). The molecule has 0 saturated carbocycles. The van der Waals surface area contributed by atoms with Gasteiger partial charge < -0.3 is 9.64 Å². The summed E-state index contributed by atoms with van der Waals surface area (Å²) in [7, 11) is 4.05. The van der Waals surface area contributed by atoms with Crippen molar-refractivity contribution < 1.29 is 4.74 Å². The second kappa shape index (κ2) is 5.24. The summed E-state index contributed by atoms with van der Waals surface area (Å²) < 4.78 is 5.57. The molecule has 2 fully saturated rings. The summed E-state index contributed by atoms with van der Waals surface area (Å²) in [6, 6.07) is 10.3. The van der Waals surface area contributed by atoms with Gasteiger partial charge in [-0.1, -0.05) is 6.07 Å². The van der Waals surface area contributed by atoms with E-state index in [1.807, 2.05) is 13.0 Å². The monoisotopic (exact) mass is 296 g/mol. The average molecular weight is 296 g/mol. The van der Waals surface area contributed by atoms with Crippen LogP contribution in [0.25, 0.3) is 10.9 Å². The van der Waals surface area contributed by atoms with E-state index in [1.165, 1.54) is 31.2 Å². The lowest BCUT2D eigenvalue weighted by molar-refractivity contribution is 0.162. The Bertz CT molecular complexity index is 698. The van der Waals surface area contributed by atoms with E-state index in [0.717, 1.165) is 34.4 Å². The van der Waals surface area contributed by atoms with Crippen molar-refractivity contribution in [1.82, 2.24) is 9.88 Å². The highest BCUT2D eigenvalue weighted by molar-refractivity contribution is 5.86. The summed E-state index contributed by atoms with van der Waals surface area (Å²) in [5.74, 6) is 1.63. The summed E-state index contributed by atoms with van der Waals surface area (Å²) in [5, 5.41) is 1.15. The van der Waals surface area contributed by atoms with Crippen molar-refractivity contribution in [3.8, 4) is 5.75 Å². The van der Waals surface area contributed by atoms with E-state index in [2.05, 4.69) is 35.1 Å². The Kier molecular flexibility index (Phi) is 3.33. The number of hydrogen-bond acceptors (Lipinski definition) is 3. The Morgan fingerprint density at radius 1 is 1.14 bits per heavy atom. The standard InChI is InChI=1S/C19H24N2O/c1-12-8-19(22-3)17-11-13(4-7-18(17)20-12)14-9-15-5-6-16(10-14)21(15)2/h4,7-8,11,14-16H,5-6,9-10H2,1-3H3/t14?,15-,16+. The fourth-order valence-corrected chi connectivity index (χ4v) is 4.44. The third-order valence-corrected chi connectivity index (χ3v) is 5.71. The van der Waals surface area contributed by atoms with Gasteiger partial charge in [-0.15, -0.1) is 0 Å². The number of pyridine rings is 1. The van der Waals surface area contributed by atoms with Crippen LogP contribution in [0.15, 0.2) is 24.3 Å². The van der Waals surface area contributed by atoms with Crippen molar-refractivity contribution in [3.05, 3.63) is 35.5 Å². The number of hydrogen-bond donors (Lipinski definition) is 0. The molecular weight excluding hydrogens is 272 g/mol. The van der Waals surface area contributed by atoms with Crippen LogP contribution in [-0.2, 0) is 0 Å². The topological polar surface area (TPSA) is 25.4 Å². The SMILES string of the molecule is COc1cc(C)nc2ccc(C3C[C@H]4CC[C@@H](C3)N4C)cc12. The Hall–Kier alpha value is -1.61. The third kappa shape index (κ3) is 2.19. The fourth-order valence-electron chi connectivity index (χ4n) is 4.44. The van der Waals surface area contributed by atoms with E-state index in [0.29, 0.717) is 5.92 Å². The van der Waals surface area contributed by atoms with Gasteiger partial charge in [-0.3, -0.25) is 4.98 Å². The maximum absolute atomic E-state index is 5.57. The second-order valence-corrected chi connectivity index (χ2v) is 6.96. The predicted molar refractivity (Wildman–Crippen MR) is 89.6 cm³/mol. The molecule has 1 aromatic heterocycles. The maximum Gasteiger partial charge on any atom is 0.130 e. The first kappa shape index (κ1) is 14.0. The zero-order valence-corrected chi connectivity index (χ0v) is 13.7. The molecule has 1 unspecified atom stereocenters. The molecule has 2 saturated heterocycles. The van der Waals surface area contributed by atoms with E-state index in [1.54, 1.807) is 7.11 Å². The molecule has 1 aromatic carbocycles. The summed E-state index contributed by atoms with van der Waals surface area (Å²) >= 11 is 0. The van der Waals surface area contributed by atoms with Gasteiger partial charge in [0.15, 0.2) is 0 Å². The zero-order chi connectivity index (χ0) is 15.3. The van der Waals surface area contributed by atoms with Gasteiger partial charge in [-0.25, -0.2) is 0 Å². The molecule has 22 heavy (non-hydrogen) atoms. The van der Waals surface area contributed by atoms with Crippen LogP contribution in [0.5, 0.6) is 5.75 Å². The van der Waals surface area contributed by atoms with Crippen LogP contribution in [0.1, 0.15) is 42.9 Å². The molecule has 3 heterocycles. The van der Waals surface area contributed by atoms with Gasteiger partial charge in [0, 0.05) is 29.2 Å². The molecule has 2 aliphatic rings. The molecule has 0 aliphatic carbocycles. The number of benzene rings is 1. The Balaban J connectivity index is 1.72. The van der Waals surface area contributed by atoms with E-state index in [9.17, 15) is 0 Å². The van der Waals surface area contributed by atoms with Crippen LogP contribution in [-0.4, -0.2) is 36.1 Å². The molecule has 116 valence electrons. The van der Waals surface area contributed by atoms with Gasteiger partial charge in [-0.05, 0) is 63.3 Å². The predicted octanol–water partition coefficient (Wildman–Crippen LogP) is 3.89. The zero-order valence-electron chi connectivity index (χ0n) is 13.7. The molecule has 3 heteroatoms. The van der Waals surface area contributed by atoms with Crippen molar-refractivity contribution >= 4 is 10.9 Å². The smallest absolute Gasteiger partial charge is 0.130 e. The Morgan fingerprint density at radius 3 is 2.55 bits per heavy atom. The maximum atomic E-state index is 5.57. The van der Waals surface area contributed by atoms with Crippen molar-refractivity contribution in [1.29, 1.82) is 0 Å². The van der Waals surface area contributed by atoms with Crippen molar-refractivity contribution in [2.75, 3.05) is 14.2 Å². The first-order valence-electron chi connectivity index (χ1n) is 8.33. The van der Waals surface area contributed by atoms with Gasteiger partial charge in [0.25, 0.3) is 0 Å². The van der Waals surface area contributed by atoms with E-state index in [-0.39, 0.29) is 0 Å². The van der Waals surface area contributed by atoms with Crippen LogP contribution in [0, 0.1) is 6.92 Å². The molecule has 0 radical (unpaired) electrons. The summed E-state index contributed by atoms with van der Waals surface area (Å²) in [4.78, 5) is 7.24. The van der Waals surface area contributed by atoms with Crippen molar-refractivity contribution in [3.63, 3.8) is 0 Å². The van der Waals surface area contributed by atoms with Gasteiger partial charge in [-0.2, -0.15) is 0 Å². The quantitative estimate of drug-likeness (QED) is 0.840. The van der Waals surface area contributed by atoms with Crippen molar-refractivity contribution in [2.24, 2.45) is 0 Å². The number of aryl methyl sites for hydroxylation is 1. The van der Waals surface area contributed by atoms with Crippen LogP contribution in [0.2, 0.25) is 0 Å². The fraction of sp³-hybridized carbons (Fsp3) is 0.526. The number of piperidine rings is 1.